The lowest BCUT2D eigenvalue weighted by Crippen LogP contribution is -1.97. The number of aryl methyl sites for hydroxylation is 1. The van der Waals surface area contributed by atoms with Gasteiger partial charge in [0, 0.05) is 25.4 Å². The minimum Gasteiger partial charge on any atom is -0.330 e. The topological polar surface area (TPSA) is 43.8 Å². The molecule has 0 unspecified atom stereocenters. The third-order valence-corrected chi connectivity index (χ3v) is 2.01. The van der Waals surface area contributed by atoms with E-state index in [1.165, 1.54) is 0 Å². The predicted molar refractivity (Wildman–Crippen MR) is 57.7 cm³/mol. The summed E-state index contributed by atoms with van der Waals surface area (Å²) in [4.78, 5) is 4.17. The number of rotatable bonds is 4. The van der Waals surface area contributed by atoms with Crippen molar-refractivity contribution in [3.8, 4) is 11.8 Å². The van der Waals surface area contributed by atoms with Gasteiger partial charge in [-0.3, -0.25) is 0 Å². The third kappa shape index (κ3) is 3.23. The molecule has 1 aromatic rings. The van der Waals surface area contributed by atoms with Crippen LogP contribution in [-0.4, -0.2) is 16.1 Å². The zero-order valence-electron chi connectivity index (χ0n) is 8.66. The highest BCUT2D eigenvalue weighted by Gasteiger charge is 1.94. The first-order valence-corrected chi connectivity index (χ1v) is 5.08. The molecule has 0 saturated carbocycles. The first-order chi connectivity index (χ1) is 6.88. The van der Waals surface area contributed by atoms with E-state index in [0.717, 1.165) is 38.2 Å². The molecule has 3 heteroatoms. The smallest absolute Gasteiger partial charge is 0.185 e. The Morgan fingerprint density at radius 1 is 1.50 bits per heavy atom. The first kappa shape index (κ1) is 10.8. The molecule has 1 heterocycles. The quantitative estimate of drug-likeness (QED) is 0.577. The first-order valence-electron chi connectivity index (χ1n) is 5.08. The van der Waals surface area contributed by atoms with Crippen LogP contribution in [-0.2, 0) is 6.54 Å². The summed E-state index contributed by atoms with van der Waals surface area (Å²) < 4.78 is 2.04. The van der Waals surface area contributed by atoms with Crippen LogP contribution in [0.25, 0.3) is 0 Å². The van der Waals surface area contributed by atoms with Gasteiger partial charge < -0.3 is 10.3 Å². The number of hydrogen-bond acceptors (Lipinski definition) is 2. The van der Waals surface area contributed by atoms with E-state index < -0.39 is 0 Å². The van der Waals surface area contributed by atoms with Gasteiger partial charge in [0.05, 0.1) is 0 Å². The van der Waals surface area contributed by atoms with Gasteiger partial charge in [0.2, 0.25) is 0 Å². The number of imidazole rings is 1. The average Bonchev–Trinajstić information content (AvgIpc) is 2.65. The fraction of sp³-hybridized carbons (Fsp3) is 0.545. The molecule has 0 aliphatic carbocycles. The monoisotopic (exact) mass is 191 g/mol. The SMILES string of the molecule is CCn1ccnc1C#CCCCCN. The molecule has 0 amide bonds. The maximum absolute atomic E-state index is 5.39. The van der Waals surface area contributed by atoms with Crippen LogP contribution in [0, 0.1) is 11.8 Å². The van der Waals surface area contributed by atoms with Crippen molar-refractivity contribution < 1.29 is 0 Å². The lowest BCUT2D eigenvalue weighted by molar-refractivity contribution is 0.748. The van der Waals surface area contributed by atoms with E-state index in [1.54, 1.807) is 6.20 Å². The zero-order chi connectivity index (χ0) is 10.2. The highest BCUT2D eigenvalue weighted by atomic mass is 15.0. The number of aromatic nitrogens is 2. The molecule has 1 rings (SSSR count). The minimum atomic E-state index is 0.755. The summed E-state index contributed by atoms with van der Waals surface area (Å²) in [7, 11) is 0. The molecular weight excluding hydrogens is 174 g/mol. The molecule has 0 bridgehead atoms. The Morgan fingerprint density at radius 2 is 2.36 bits per heavy atom. The van der Waals surface area contributed by atoms with E-state index in [0.29, 0.717) is 0 Å². The van der Waals surface area contributed by atoms with E-state index >= 15 is 0 Å². The van der Waals surface area contributed by atoms with Crippen LogP contribution in [0.1, 0.15) is 32.0 Å². The van der Waals surface area contributed by atoms with Crippen molar-refractivity contribution in [3.63, 3.8) is 0 Å². The summed E-state index contributed by atoms with van der Waals surface area (Å²) in [6, 6.07) is 0. The second kappa shape index (κ2) is 6.22. The Morgan fingerprint density at radius 3 is 3.07 bits per heavy atom. The summed E-state index contributed by atoms with van der Waals surface area (Å²) in [6.45, 7) is 3.76. The van der Waals surface area contributed by atoms with Crippen LogP contribution in [0.2, 0.25) is 0 Å². The van der Waals surface area contributed by atoms with Crippen LogP contribution in [0.5, 0.6) is 0 Å². The molecular formula is C11H17N3. The van der Waals surface area contributed by atoms with E-state index in [2.05, 4.69) is 23.7 Å². The highest BCUT2D eigenvalue weighted by molar-refractivity contribution is 5.21. The van der Waals surface area contributed by atoms with Gasteiger partial charge in [-0.05, 0) is 32.2 Å². The lowest BCUT2D eigenvalue weighted by Gasteiger charge is -1.95. The van der Waals surface area contributed by atoms with Gasteiger partial charge in [-0.25, -0.2) is 4.98 Å². The van der Waals surface area contributed by atoms with E-state index in [9.17, 15) is 0 Å². The molecule has 3 nitrogen and oxygen atoms in total. The number of nitrogens with zero attached hydrogens (tertiary/aromatic N) is 2. The van der Waals surface area contributed by atoms with Gasteiger partial charge in [-0.1, -0.05) is 5.92 Å². The zero-order valence-corrected chi connectivity index (χ0v) is 8.66. The Kier molecular flexibility index (Phi) is 4.81. The maximum atomic E-state index is 5.39. The average molecular weight is 191 g/mol. The molecule has 0 fully saturated rings. The Balaban J connectivity index is 2.42. The van der Waals surface area contributed by atoms with Crippen molar-refractivity contribution in [2.45, 2.75) is 32.7 Å². The standard InChI is InChI=1S/C11H17N3/c1-2-14-10-9-13-11(14)7-5-3-4-6-8-12/h9-10H,2-4,6,8,12H2,1H3. The molecule has 76 valence electrons. The molecule has 1 aromatic heterocycles. The second-order valence-electron chi connectivity index (χ2n) is 3.08. The summed E-state index contributed by atoms with van der Waals surface area (Å²) in [5.74, 6) is 7.03. The molecule has 0 aliphatic heterocycles. The number of unbranched alkanes of at least 4 members (excludes halogenated alkanes) is 2. The van der Waals surface area contributed by atoms with Crippen molar-refractivity contribution in [2.75, 3.05) is 6.54 Å². The van der Waals surface area contributed by atoms with Gasteiger partial charge in [0.15, 0.2) is 5.82 Å². The molecule has 0 saturated heterocycles. The molecule has 0 radical (unpaired) electrons. The van der Waals surface area contributed by atoms with Gasteiger partial charge in [-0.15, -0.1) is 0 Å². The maximum Gasteiger partial charge on any atom is 0.185 e. The van der Waals surface area contributed by atoms with Crippen molar-refractivity contribution in [3.05, 3.63) is 18.2 Å². The normalized spacial score (nSPS) is 9.57. The van der Waals surface area contributed by atoms with Gasteiger partial charge in [0.1, 0.15) is 0 Å². The Labute approximate surface area is 85.3 Å². The molecule has 0 spiro atoms. The second-order valence-corrected chi connectivity index (χ2v) is 3.08. The molecule has 0 aromatic carbocycles. The largest absolute Gasteiger partial charge is 0.330 e. The lowest BCUT2D eigenvalue weighted by atomic mass is 10.2. The van der Waals surface area contributed by atoms with Crippen LogP contribution in [0.4, 0.5) is 0 Å². The fourth-order valence-corrected chi connectivity index (χ4v) is 1.19. The molecule has 0 aliphatic rings. The molecule has 2 N–H and O–H groups in total. The Hall–Kier alpha value is -1.27. The van der Waals surface area contributed by atoms with Gasteiger partial charge in [0.25, 0.3) is 0 Å². The van der Waals surface area contributed by atoms with Crippen molar-refractivity contribution in [1.82, 2.24) is 9.55 Å². The van der Waals surface area contributed by atoms with Crippen molar-refractivity contribution in [2.24, 2.45) is 5.73 Å². The third-order valence-electron chi connectivity index (χ3n) is 2.01. The van der Waals surface area contributed by atoms with E-state index in [4.69, 9.17) is 5.73 Å². The van der Waals surface area contributed by atoms with Crippen molar-refractivity contribution >= 4 is 0 Å². The fourth-order valence-electron chi connectivity index (χ4n) is 1.19. The van der Waals surface area contributed by atoms with Gasteiger partial charge in [-0.2, -0.15) is 0 Å². The molecule has 14 heavy (non-hydrogen) atoms. The van der Waals surface area contributed by atoms with E-state index in [1.807, 2.05) is 10.8 Å². The summed E-state index contributed by atoms with van der Waals surface area (Å²) in [6.07, 6.45) is 6.78. The number of nitrogens with two attached hydrogens (primary N) is 1. The van der Waals surface area contributed by atoms with Crippen molar-refractivity contribution in [1.29, 1.82) is 0 Å². The summed E-state index contributed by atoms with van der Waals surface area (Å²) in [5, 5.41) is 0. The van der Waals surface area contributed by atoms with Crippen LogP contribution < -0.4 is 5.73 Å². The summed E-state index contributed by atoms with van der Waals surface area (Å²) >= 11 is 0. The van der Waals surface area contributed by atoms with Crippen LogP contribution in [0.15, 0.2) is 12.4 Å². The molecule has 0 atom stereocenters. The predicted octanol–water partition coefficient (Wildman–Crippen LogP) is 1.38. The Bertz CT molecular complexity index is 317. The van der Waals surface area contributed by atoms with Crippen LogP contribution >= 0.6 is 0 Å². The number of hydrogen-bond donors (Lipinski definition) is 1. The minimum absolute atomic E-state index is 0.755. The summed E-state index contributed by atoms with van der Waals surface area (Å²) in [5.41, 5.74) is 5.39. The van der Waals surface area contributed by atoms with Crippen LogP contribution in [0.3, 0.4) is 0 Å². The van der Waals surface area contributed by atoms with Gasteiger partial charge >= 0.3 is 0 Å². The van der Waals surface area contributed by atoms with E-state index in [-0.39, 0.29) is 0 Å². The highest BCUT2D eigenvalue weighted by Crippen LogP contribution is 1.96.